The molecule has 1 fully saturated rings. The summed E-state index contributed by atoms with van der Waals surface area (Å²) in [5.41, 5.74) is 2.25. The minimum Gasteiger partial charge on any atom is -0.497 e. The number of hydrogen-bond donors (Lipinski definition) is 2. The number of allylic oxidation sites excluding steroid dienone is 2. The Hall–Kier alpha value is -2.81. The summed E-state index contributed by atoms with van der Waals surface area (Å²) < 4.78 is 33.1. The summed E-state index contributed by atoms with van der Waals surface area (Å²) >= 11 is 1.54. The van der Waals surface area contributed by atoms with Crippen LogP contribution in [-0.4, -0.2) is 48.5 Å². The number of piperidine rings is 1. The molecule has 1 aliphatic heterocycles. The van der Waals surface area contributed by atoms with Crippen LogP contribution < -0.4 is 15.0 Å². The first kappa shape index (κ1) is 22.9. The maximum absolute atomic E-state index is 13.9. The number of methoxy groups -OCH3 is 1. The van der Waals surface area contributed by atoms with Crippen LogP contribution in [0, 0.1) is 0 Å². The summed E-state index contributed by atoms with van der Waals surface area (Å²) in [6.45, 7) is 3.98. The number of carbonyl (C=O) groups is 1. The highest BCUT2D eigenvalue weighted by atomic mass is 32.2. The number of rotatable bonds is 8. The highest BCUT2D eigenvalue weighted by Crippen LogP contribution is 2.33. The third kappa shape index (κ3) is 5.66. The molecule has 1 aliphatic rings. The first-order valence-corrected chi connectivity index (χ1v) is 11.1. The van der Waals surface area contributed by atoms with E-state index in [1.807, 2.05) is 18.4 Å². The standard InChI is InChI=1S/C22H26F2N4O2S/c1-4-6-20(31-3)18-11-15(26-27-18)13-25-21(29)17-12-16(30-2)7-8-19(17)28-10-5-9-22(23,24)14-28/h4,6-8,11-12H,1,5,9-10,13-14H2,2-3H3,(H,25,29)(H,26,27)/b20-6-. The molecule has 1 amide bonds. The second kappa shape index (κ2) is 10.00. The van der Waals surface area contributed by atoms with E-state index in [9.17, 15) is 13.6 Å². The molecule has 3 rings (SSSR count). The average molecular weight is 449 g/mol. The third-order valence-electron chi connectivity index (χ3n) is 4.99. The summed E-state index contributed by atoms with van der Waals surface area (Å²) in [5.74, 6) is -2.65. The van der Waals surface area contributed by atoms with Crippen molar-refractivity contribution in [3.63, 3.8) is 0 Å². The molecule has 9 heteroatoms. The lowest BCUT2D eigenvalue weighted by atomic mass is 10.0. The maximum atomic E-state index is 13.9. The maximum Gasteiger partial charge on any atom is 0.265 e. The second-order valence-electron chi connectivity index (χ2n) is 7.20. The van der Waals surface area contributed by atoms with E-state index < -0.39 is 12.5 Å². The Balaban J connectivity index is 1.77. The molecule has 31 heavy (non-hydrogen) atoms. The molecule has 0 unspecified atom stereocenters. The van der Waals surface area contributed by atoms with E-state index in [0.717, 1.165) is 16.3 Å². The van der Waals surface area contributed by atoms with Crippen LogP contribution in [0.5, 0.6) is 5.75 Å². The monoisotopic (exact) mass is 448 g/mol. The van der Waals surface area contributed by atoms with Gasteiger partial charge in [-0.2, -0.15) is 5.10 Å². The highest BCUT2D eigenvalue weighted by Gasteiger charge is 2.36. The molecule has 0 atom stereocenters. The summed E-state index contributed by atoms with van der Waals surface area (Å²) in [5, 5.41) is 10.0. The zero-order valence-corrected chi connectivity index (χ0v) is 18.4. The number of alkyl halides is 2. The van der Waals surface area contributed by atoms with Crippen molar-refractivity contribution < 1.29 is 18.3 Å². The number of nitrogens with one attached hydrogen (secondary N) is 2. The molecule has 0 bridgehead atoms. The summed E-state index contributed by atoms with van der Waals surface area (Å²) in [6.07, 6.45) is 5.73. The van der Waals surface area contributed by atoms with Crippen molar-refractivity contribution >= 4 is 28.3 Å². The number of nitrogens with zero attached hydrogens (tertiary/aromatic N) is 2. The molecule has 1 aromatic carbocycles. The van der Waals surface area contributed by atoms with Crippen LogP contribution >= 0.6 is 11.8 Å². The lowest BCUT2D eigenvalue weighted by Crippen LogP contribution is -2.43. The lowest BCUT2D eigenvalue weighted by molar-refractivity contribution is -0.0117. The Bertz CT molecular complexity index is 974. The van der Waals surface area contributed by atoms with Gasteiger partial charge in [-0.05, 0) is 43.0 Å². The van der Waals surface area contributed by atoms with Gasteiger partial charge in [0, 0.05) is 23.6 Å². The first-order chi connectivity index (χ1) is 14.9. The van der Waals surface area contributed by atoms with Gasteiger partial charge >= 0.3 is 0 Å². The zero-order valence-electron chi connectivity index (χ0n) is 17.6. The van der Waals surface area contributed by atoms with Gasteiger partial charge in [0.05, 0.1) is 37.2 Å². The fourth-order valence-electron chi connectivity index (χ4n) is 3.49. The Morgan fingerprint density at radius 1 is 1.45 bits per heavy atom. The summed E-state index contributed by atoms with van der Waals surface area (Å²) in [7, 11) is 1.50. The Morgan fingerprint density at radius 3 is 2.94 bits per heavy atom. The number of aromatic amines is 1. The smallest absolute Gasteiger partial charge is 0.265 e. The molecule has 0 spiro atoms. The van der Waals surface area contributed by atoms with Crippen molar-refractivity contribution in [2.24, 2.45) is 0 Å². The molecule has 2 aromatic rings. The highest BCUT2D eigenvalue weighted by molar-refractivity contribution is 8.07. The van der Waals surface area contributed by atoms with Gasteiger partial charge in [-0.3, -0.25) is 9.89 Å². The van der Waals surface area contributed by atoms with Crippen molar-refractivity contribution in [2.75, 3.05) is 31.4 Å². The predicted molar refractivity (Wildman–Crippen MR) is 121 cm³/mol. The largest absolute Gasteiger partial charge is 0.497 e. The van der Waals surface area contributed by atoms with E-state index in [4.69, 9.17) is 4.74 Å². The molecular weight excluding hydrogens is 422 g/mol. The molecule has 0 saturated carbocycles. The number of benzene rings is 1. The molecule has 166 valence electrons. The van der Waals surface area contributed by atoms with Crippen LogP contribution in [0.25, 0.3) is 4.91 Å². The van der Waals surface area contributed by atoms with Crippen LogP contribution in [0.4, 0.5) is 14.5 Å². The average Bonchev–Trinajstić information content (AvgIpc) is 3.23. The fraction of sp³-hybridized carbons (Fsp3) is 0.364. The molecule has 0 radical (unpaired) electrons. The Morgan fingerprint density at radius 2 is 2.26 bits per heavy atom. The van der Waals surface area contributed by atoms with Gasteiger partial charge in [-0.1, -0.05) is 12.7 Å². The van der Waals surface area contributed by atoms with Gasteiger partial charge in [0.2, 0.25) is 0 Å². The van der Waals surface area contributed by atoms with Crippen molar-refractivity contribution in [1.29, 1.82) is 0 Å². The SMILES string of the molecule is C=C/C=C(\SC)c1cc(CNC(=O)c2cc(OC)ccc2N2CCCC(F)(F)C2)[nH]n1. The Kier molecular flexibility index (Phi) is 7.37. The van der Waals surface area contributed by atoms with E-state index >= 15 is 0 Å². The van der Waals surface area contributed by atoms with E-state index in [2.05, 4.69) is 22.1 Å². The first-order valence-electron chi connectivity index (χ1n) is 9.87. The van der Waals surface area contributed by atoms with Crippen LogP contribution in [0.15, 0.2) is 43.0 Å². The van der Waals surface area contributed by atoms with E-state index in [1.165, 1.54) is 7.11 Å². The minimum absolute atomic E-state index is 0.137. The molecule has 2 heterocycles. The molecule has 6 nitrogen and oxygen atoms in total. The molecule has 1 saturated heterocycles. The molecular formula is C22H26F2N4O2S. The van der Waals surface area contributed by atoms with Crippen LogP contribution in [0.3, 0.4) is 0 Å². The number of amides is 1. The summed E-state index contributed by atoms with van der Waals surface area (Å²) in [4.78, 5) is 15.5. The lowest BCUT2D eigenvalue weighted by Gasteiger charge is -2.35. The van der Waals surface area contributed by atoms with Crippen LogP contribution in [0.2, 0.25) is 0 Å². The normalized spacial score (nSPS) is 16.1. The fourth-order valence-corrected chi connectivity index (χ4v) is 4.03. The van der Waals surface area contributed by atoms with Crippen LogP contribution in [0.1, 0.15) is 34.6 Å². The van der Waals surface area contributed by atoms with Crippen molar-refractivity contribution in [3.8, 4) is 5.75 Å². The van der Waals surface area contributed by atoms with Gasteiger partial charge in [-0.25, -0.2) is 8.78 Å². The topological polar surface area (TPSA) is 70.2 Å². The van der Waals surface area contributed by atoms with E-state index in [-0.39, 0.29) is 18.9 Å². The van der Waals surface area contributed by atoms with Gasteiger partial charge < -0.3 is 15.0 Å². The number of aromatic nitrogens is 2. The number of carbonyl (C=O) groups excluding carboxylic acids is 1. The minimum atomic E-state index is -2.77. The number of H-pyrrole nitrogens is 1. The third-order valence-corrected chi connectivity index (χ3v) is 5.78. The summed E-state index contributed by atoms with van der Waals surface area (Å²) in [6, 6.07) is 6.77. The Labute approximate surface area is 184 Å². The van der Waals surface area contributed by atoms with Crippen LogP contribution in [-0.2, 0) is 6.54 Å². The number of hydrogen-bond acceptors (Lipinski definition) is 5. The number of ether oxygens (including phenoxy) is 1. The molecule has 2 N–H and O–H groups in total. The van der Waals surface area contributed by atoms with E-state index in [1.54, 1.807) is 40.9 Å². The number of anilines is 1. The zero-order chi connectivity index (χ0) is 22.4. The predicted octanol–water partition coefficient (Wildman–Crippen LogP) is 4.47. The number of halogens is 2. The van der Waals surface area contributed by atoms with Gasteiger partial charge in [0.1, 0.15) is 5.75 Å². The van der Waals surface area contributed by atoms with Crippen molar-refractivity contribution in [3.05, 3.63) is 59.9 Å². The number of thioether (sulfide) groups is 1. The van der Waals surface area contributed by atoms with Gasteiger partial charge in [-0.15, -0.1) is 11.8 Å². The van der Waals surface area contributed by atoms with Crippen molar-refractivity contribution in [1.82, 2.24) is 15.5 Å². The van der Waals surface area contributed by atoms with Gasteiger partial charge in [0.25, 0.3) is 11.8 Å². The molecule has 0 aliphatic carbocycles. The molecule has 1 aromatic heterocycles. The van der Waals surface area contributed by atoms with E-state index in [0.29, 0.717) is 30.0 Å². The second-order valence-corrected chi connectivity index (χ2v) is 8.04. The van der Waals surface area contributed by atoms with Gasteiger partial charge in [0.15, 0.2) is 0 Å². The quantitative estimate of drug-likeness (QED) is 0.583. The van der Waals surface area contributed by atoms with Crippen molar-refractivity contribution in [2.45, 2.75) is 25.3 Å².